The molecule has 2 N–H and O–H groups in total. The quantitative estimate of drug-likeness (QED) is 0.927. The molecule has 1 aromatic carbocycles. The number of aromatic nitrogens is 2. The first-order valence-electron chi connectivity index (χ1n) is 7.23. The van der Waals surface area contributed by atoms with E-state index in [1.54, 1.807) is 4.68 Å². The van der Waals surface area contributed by atoms with Crippen LogP contribution in [0.3, 0.4) is 0 Å². The number of likely N-dealkylation sites (tertiary alicyclic amines) is 1. The van der Waals surface area contributed by atoms with Gasteiger partial charge >= 0.3 is 0 Å². The summed E-state index contributed by atoms with van der Waals surface area (Å²) in [5.74, 6) is 0.373. The van der Waals surface area contributed by atoms with Crippen LogP contribution in [0.2, 0.25) is 0 Å². The van der Waals surface area contributed by atoms with Gasteiger partial charge in [-0.1, -0.05) is 30.3 Å². The summed E-state index contributed by atoms with van der Waals surface area (Å²) in [6.45, 7) is 1.49. The van der Waals surface area contributed by atoms with E-state index >= 15 is 0 Å². The van der Waals surface area contributed by atoms with Crippen molar-refractivity contribution in [3.05, 3.63) is 53.9 Å². The van der Waals surface area contributed by atoms with Crippen LogP contribution in [0.4, 0.5) is 0 Å². The summed E-state index contributed by atoms with van der Waals surface area (Å²) in [7, 11) is 1.91. The van der Waals surface area contributed by atoms with E-state index in [9.17, 15) is 4.79 Å². The van der Waals surface area contributed by atoms with Crippen molar-refractivity contribution in [1.29, 1.82) is 0 Å². The Bertz CT molecular complexity index is 622. The van der Waals surface area contributed by atoms with Crippen molar-refractivity contribution in [3.63, 3.8) is 0 Å². The highest BCUT2D eigenvalue weighted by molar-refractivity contribution is 5.83. The third-order valence-corrected chi connectivity index (χ3v) is 4.12. The maximum absolute atomic E-state index is 12.5. The van der Waals surface area contributed by atoms with Gasteiger partial charge in [0.15, 0.2) is 0 Å². The highest BCUT2D eigenvalue weighted by Gasteiger charge is 2.31. The van der Waals surface area contributed by atoms with E-state index in [0.29, 0.717) is 5.92 Å². The lowest BCUT2D eigenvalue weighted by Crippen LogP contribution is -2.36. The monoisotopic (exact) mass is 284 g/mol. The molecule has 0 bridgehead atoms. The van der Waals surface area contributed by atoms with Gasteiger partial charge in [-0.25, -0.2) is 0 Å². The van der Waals surface area contributed by atoms with Gasteiger partial charge in [0.05, 0.1) is 6.20 Å². The fourth-order valence-electron chi connectivity index (χ4n) is 2.88. The molecule has 5 heteroatoms. The third kappa shape index (κ3) is 2.83. The van der Waals surface area contributed by atoms with Gasteiger partial charge in [-0.2, -0.15) is 5.10 Å². The van der Waals surface area contributed by atoms with Gasteiger partial charge in [0.2, 0.25) is 5.91 Å². The lowest BCUT2D eigenvalue weighted by atomic mass is 10.0. The Morgan fingerprint density at radius 2 is 2.14 bits per heavy atom. The molecule has 0 saturated carbocycles. The molecule has 2 unspecified atom stereocenters. The van der Waals surface area contributed by atoms with Crippen molar-refractivity contribution in [2.24, 2.45) is 12.8 Å². The van der Waals surface area contributed by atoms with Crippen LogP contribution in [0.25, 0.3) is 0 Å². The first-order chi connectivity index (χ1) is 10.1. The van der Waals surface area contributed by atoms with Gasteiger partial charge in [0, 0.05) is 32.3 Å². The first-order valence-corrected chi connectivity index (χ1v) is 7.23. The van der Waals surface area contributed by atoms with Crippen molar-refractivity contribution in [2.75, 3.05) is 13.1 Å². The smallest absolute Gasteiger partial charge is 0.244 e. The maximum Gasteiger partial charge on any atom is 0.244 e. The molecule has 1 aliphatic heterocycles. The molecule has 1 saturated heterocycles. The SMILES string of the molecule is Cn1cc(C2CCN(C(=O)C(N)c3ccccc3)C2)cn1. The maximum atomic E-state index is 12.5. The Labute approximate surface area is 124 Å². The summed E-state index contributed by atoms with van der Waals surface area (Å²) in [5, 5.41) is 4.20. The summed E-state index contributed by atoms with van der Waals surface area (Å²) in [6.07, 6.45) is 4.88. The molecular formula is C16H20N4O. The standard InChI is InChI=1S/C16H20N4O/c1-19-10-14(9-18-19)13-7-8-20(11-13)16(21)15(17)12-5-3-2-4-6-12/h2-6,9-10,13,15H,7-8,11,17H2,1H3. The minimum Gasteiger partial charge on any atom is -0.340 e. The largest absolute Gasteiger partial charge is 0.340 e. The fraction of sp³-hybridized carbons (Fsp3) is 0.375. The summed E-state index contributed by atoms with van der Waals surface area (Å²) in [5.41, 5.74) is 8.16. The second-order valence-electron chi connectivity index (χ2n) is 5.61. The molecule has 1 amide bonds. The van der Waals surface area contributed by atoms with Crippen LogP contribution in [-0.2, 0) is 11.8 Å². The normalized spacial score (nSPS) is 19.7. The van der Waals surface area contributed by atoms with E-state index < -0.39 is 6.04 Å². The predicted octanol–water partition coefficient (Wildman–Crippen LogP) is 1.44. The number of benzene rings is 1. The van der Waals surface area contributed by atoms with Crippen molar-refractivity contribution >= 4 is 5.91 Å². The van der Waals surface area contributed by atoms with Crippen LogP contribution >= 0.6 is 0 Å². The Hall–Kier alpha value is -2.14. The van der Waals surface area contributed by atoms with Gasteiger partial charge in [-0.3, -0.25) is 9.48 Å². The number of hydrogen-bond acceptors (Lipinski definition) is 3. The summed E-state index contributed by atoms with van der Waals surface area (Å²) in [4.78, 5) is 14.4. The van der Waals surface area contributed by atoms with Crippen LogP contribution in [0.1, 0.15) is 29.5 Å². The molecule has 1 aromatic heterocycles. The molecule has 110 valence electrons. The van der Waals surface area contributed by atoms with Crippen LogP contribution in [0.15, 0.2) is 42.7 Å². The zero-order valence-electron chi connectivity index (χ0n) is 12.1. The lowest BCUT2D eigenvalue weighted by molar-refractivity contribution is -0.131. The number of nitrogens with two attached hydrogens (primary N) is 1. The minimum absolute atomic E-state index is 0.00703. The third-order valence-electron chi connectivity index (χ3n) is 4.12. The van der Waals surface area contributed by atoms with Crippen molar-refractivity contribution in [3.8, 4) is 0 Å². The molecule has 1 fully saturated rings. The van der Waals surface area contributed by atoms with Gasteiger partial charge in [0.1, 0.15) is 6.04 Å². The summed E-state index contributed by atoms with van der Waals surface area (Å²) in [6, 6.07) is 8.97. The van der Waals surface area contributed by atoms with Gasteiger partial charge in [-0.05, 0) is 17.5 Å². The predicted molar refractivity (Wildman–Crippen MR) is 80.5 cm³/mol. The number of rotatable bonds is 3. The Morgan fingerprint density at radius 3 is 2.81 bits per heavy atom. The molecule has 2 atom stereocenters. The minimum atomic E-state index is -0.571. The lowest BCUT2D eigenvalue weighted by Gasteiger charge is -2.21. The molecule has 5 nitrogen and oxygen atoms in total. The Kier molecular flexibility index (Phi) is 3.75. The number of nitrogens with zero attached hydrogens (tertiary/aromatic N) is 3. The number of aryl methyl sites for hydroxylation is 1. The van der Waals surface area contributed by atoms with Crippen LogP contribution in [0.5, 0.6) is 0 Å². The average molecular weight is 284 g/mol. The first kappa shape index (κ1) is 13.8. The number of carbonyl (C=O) groups is 1. The zero-order valence-corrected chi connectivity index (χ0v) is 12.1. The van der Waals surface area contributed by atoms with Crippen LogP contribution < -0.4 is 5.73 Å². The molecule has 0 radical (unpaired) electrons. The second kappa shape index (κ2) is 5.69. The molecule has 2 aromatic rings. The van der Waals surface area contributed by atoms with Crippen molar-refractivity contribution in [1.82, 2.24) is 14.7 Å². The number of hydrogen-bond donors (Lipinski definition) is 1. The Morgan fingerprint density at radius 1 is 1.38 bits per heavy atom. The van der Waals surface area contributed by atoms with Crippen molar-refractivity contribution < 1.29 is 4.79 Å². The molecule has 2 heterocycles. The molecular weight excluding hydrogens is 264 g/mol. The highest BCUT2D eigenvalue weighted by atomic mass is 16.2. The summed E-state index contributed by atoms with van der Waals surface area (Å²) < 4.78 is 1.80. The van der Waals surface area contributed by atoms with E-state index in [2.05, 4.69) is 5.10 Å². The van der Waals surface area contributed by atoms with E-state index in [1.165, 1.54) is 5.56 Å². The van der Waals surface area contributed by atoms with E-state index in [4.69, 9.17) is 5.73 Å². The second-order valence-corrected chi connectivity index (χ2v) is 5.61. The van der Waals surface area contributed by atoms with Gasteiger partial charge in [0.25, 0.3) is 0 Å². The fourth-order valence-corrected chi connectivity index (χ4v) is 2.88. The molecule has 1 aliphatic rings. The van der Waals surface area contributed by atoms with E-state index in [0.717, 1.165) is 25.1 Å². The molecule has 3 rings (SSSR count). The number of carbonyl (C=O) groups excluding carboxylic acids is 1. The van der Waals surface area contributed by atoms with E-state index in [-0.39, 0.29) is 5.91 Å². The molecule has 0 spiro atoms. The van der Waals surface area contributed by atoms with Crippen LogP contribution in [0, 0.1) is 0 Å². The van der Waals surface area contributed by atoms with Crippen molar-refractivity contribution in [2.45, 2.75) is 18.4 Å². The average Bonchev–Trinajstić information content (AvgIpc) is 3.15. The number of amides is 1. The van der Waals surface area contributed by atoms with E-state index in [1.807, 2.05) is 54.7 Å². The summed E-state index contributed by atoms with van der Waals surface area (Å²) >= 11 is 0. The van der Waals surface area contributed by atoms with Crippen LogP contribution in [-0.4, -0.2) is 33.7 Å². The molecule has 21 heavy (non-hydrogen) atoms. The highest BCUT2D eigenvalue weighted by Crippen LogP contribution is 2.28. The van der Waals surface area contributed by atoms with Gasteiger partial charge < -0.3 is 10.6 Å². The Balaban J connectivity index is 1.67. The molecule has 0 aliphatic carbocycles. The van der Waals surface area contributed by atoms with Gasteiger partial charge in [-0.15, -0.1) is 0 Å². The topological polar surface area (TPSA) is 64.2 Å². The zero-order chi connectivity index (χ0) is 14.8.